The largest absolute Gasteiger partial charge is 0.495 e. The number of carbonyl (C=O) groups excluding carboxylic acids is 2. The summed E-state index contributed by atoms with van der Waals surface area (Å²) >= 11 is 6.30. The summed E-state index contributed by atoms with van der Waals surface area (Å²) in [6.45, 7) is 3.66. The summed E-state index contributed by atoms with van der Waals surface area (Å²) in [5, 5.41) is 3.42. The first-order valence-electron chi connectivity index (χ1n) is 14.7. The standard InChI is InChI=1S/C35H38ClN3O5S/c1-4-20-37-35(41)32(23-27-12-7-5-8-13-27)38(24-28-14-11-15-29(36)22-28)34(40)25-39(31-21-26(2)18-19-33(31)44-3)45(42,43)30-16-9-6-10-17-30/h5-19,21-22,32H,4,20,23-25H2,1-3H3,(H,37,41)/t32-/m1/s1. The zero-order chi connectivity index (χ0) is 32.4. The van der Waals surface area contributed by atoms with Crippen molar-refractivity contribution in [3.05, 3.63) is 125 Å². The van der Waals surface area contributed by atoms with Crippen molar-refractivity contribution < 1.29 is 22.7 Å². The predicted octanol–water partition coefficient (Wildman–Crippen LogP) is 6.02. The molecule has 4 aromatic rings. The number of aryl methyl sites for hydroxylation is 1. The van der Waals surface area contributed by atoms with Crippen LogP contribution in [0.1, 0.15) is 30.0 Å². The molecule has 0 saturated heterocycles. The van der Waals surface area contributed by atoms with Crippen molar-refractivity contribution >= 4 is 39.1 Å². The van der Waals surface area contributed by atoms with Gasteiger partial charge in [-0.15, -0.1) is 0 Å². The summed E-state index contributed by atoms with van der Waals surface area (Å²) < 4.78 is 35.0. The van der Waals surface area contributed by atoms with Crippen LogP contribution >= 0.6 is 11.6 Å². The number of halogens is 1. The van der Waals surface area contributed by atoms with Crippen LogP contribution in [0.2, 0.25) is 5.02 Å². The molecular weight excluding hydrogens is 610 g/mol. The van der Waals surface area contributed by atoms with E-state index in [1.54, 1.807) is 54.6 Å². The van der Waals surface area contributed by atoms with E-state index < -0.39 is 28.5 Å². The highest BCUT2D eigenvalue weighted by Crippen LogP contribution is 2.34. The fraction of sp³-hybridized carbons (Fsp3) is 0.257. The Bertz CT molecular complexity index is 1700. The monoisotopic (exact) mass is 647 g/mol. The molecule has 236 valence electrons. The summed E-state index contributed by atoms with van der Waals surface area (Å²) in [7, 11) is -2.80. The Hall–Kier alpha value is -4.34. The highest BCUT2D eigenvalue weighted by Gasteiger charge is 2.35. The molecule has 0 aliphatic heterocycles. The molecular formula is C35H38ClN3O5S. The Kier molecular flexibility index (Phi) is 11.6. The molecule has 1 N–H and O–H groups in total. The molecule has 2 amide bonds. The minimum absolute atomic E-state index is 0.0178. The molecule has 4 aromatic carbocycles. The topological polar surface area (TPSA) is 96.0 Å². The molecule has 0 saturated carbocycles. The zero-order valence-electron chi connectivity index (χ0n) is 25.6. The maximum Gasteiger partial charge on any atom is 0.264 e. The van der Waals surface area contributed by atoms with Crippen molar-refractivity contribution in [3.8, 4) is 5.75 Å². The molecule has 0 aromatic heterocycles. The lowest BCUT2D eigenvalue weighted by atomic mass is 10.0. The minimum Gasteiger partial charge on any atom is -0.495 e. The Morgan fingerprint density at radius 2 is 1.56 bits per heavy atom. The van der Waals surface area contributed by atoms with Gasteiger partial charge >= 0.3 is 0 Å². The third-order valence-corrected chi connectivity index (χ3v) is 9.28. The second-order valence-corrected chi connectivity index (χ2v) is 12.9. The van der Waals surface area contributed by atoms with Gasteiger partial charge in [-0.05, 0) is 66.4 Å². The first-order chi connectivity index (χ1) is 21.6. The summed E-state index contributed by atoms with van der Waals surface area (Å²) in [6.07, 6.45) is 0.935. The summed E-state index contributed by atoms with van der Waals surface area (Å²) in [6, 6.07) is 28.6. The van der Waals surface area contributed by atoms with E-state index in [2.05, 4.69) is 5.32 Å². The van der Waals surface area contributed by atoms with Crippen LogP contribution in [-0.4, -0.2) is 51.4 Å². The molecule has 1 atom stereocenters. The molecule has 8 nitrogen and oxygen atoms in total. The molecule has 45 heavy (non-hydrogen) atoms. The predicted molar refractivity (Wildman–Crippen MR) is 178 cm³/mol. The summed E-state index contributed by atoms with van der Waals surface area (Å²) in [4.78, 5) is 29.8. The number of rotatable bonds is 14. The fourth-order valence-electron chi connectivity index (χ4n) is 4.98. The van der Waals surface area contributed by atoms with E-state index in [1.807, 2.05) is 50.2 Å². The van der Waals surface area contributed by atoms with Crippen molar-refractivity contribution in [1.82, 2.24) is 10.2 Å². The zero-order valence-corrected chi connectivity index (χ0v) is 27.2. The number of anilines is 1. The molecule has 0 unspecified atom stereocenters. The number of hydrogen-bond acceptors (Lipinski definition) is 5. The molecule has 0 heterocycles. The van der Waals surface area contributed by atoms with Gasteiger partial charge < -0.3 is 15.0 Å². The third-order valence-electron chi connectivity index (χ3n) is 7.28. The average molecular weight is 648 g/mol. The number of carbonyl (C=O) groups is 2. The van der Waals surface area contributed by atoms with E-state index in [-0.39, 0.29) is 35.2 Å². The molecule has 0 bridgehead atoms. The smallest absolute Gasteiger partial charge is 0.264 e. The lowest BCUT2D eigenvalue weighted by Crippen LogP contribution is -2.53. The molecule has 0 radical (unpaired) electrons. The number of benzene rings is 4. The van der Waals surface area contributed by atoms with Crippen LogP contribution in [0.4, 0.5) is 5.69 Å². The van der Waals surface area contributed by atoms with Crippen molar-refractivity contribution in [1.29, 1.82) is 0 Å². The van der Waals surface area contributed by atoms with Crippen LogP contribution < -0.4 is 14.4 Å². The van der Waals surface area contributed by atoms with Crippen LogP contribution in [-0.2, 0) is 32.6 Å². The maximum atomic E-state index is 14.6. The van der Waals surface area contributed by atoms with Gasteiger partial charge in [-0.2, -0.15) is 0 Å². The highest BCUT2D eigenvalue weighted by molar-refractivity contribution is 7.92. The third kappa shape index (κ3) is 8.65. The highest BCUT2D eigenvalue weighted by atomic mass is 35.5. The van der Waals surface area contributed by atoms with Crippen molar-refractivity contribution in [2.75, 3.05) is 24.5 Å². The second-order valence-electron chi connectivity index (χ2n) is 10.6. The number of sulfonamides is 1. The van der Waals surface area contributed by atoms with E-state index in [0.29, 0.717) is 23.6 Å². The number of methoxy groups -OCH3 is 1. The number of hydrogen-bond donors (Lipinski definition) is 1. The van der Waals surface area contributed by atoms with Crippen molar-refractivity contribution in [2.24, 2.45) is 0 Å². The van der Waals surface area contributed by atoms with E-state index in [4.69, 9.17) is 16.3 Å². The van der Waals surface area contributed by atoms with Gasteiger partial charge in [0, 0.05) is 24.5 Å². The Balaban J connectivity index is 1.84. The van der Waals surface area contributed by atoms with Crippen molar-refractivity contribution in [2.45, 2.75) is 44.2 Å². The average Bonchev–Trinajstić information content (AvgIpc) is 3.04. The minimum atomic E-state index is -4.25. The first-order valence-corrected chi connectivity index (χ1v) is 16.5. The second kappa shape index (κ2) is 15.6. The summed E-state index contributed by atoms with van der Waals surface area (Å²) in [5.41, 5.74) is 2.55. The van der Waals surface area contributed by atoms with E-state index in [0.717, 1.165) is 15.4 Å². The van der Waals surface area contributed by atoms with Crippen LogP contribution in [0.25, 0.3) is 0 Å². The SMILES string of the molecule is CCCNC(=O)[C@@H](Cc1ccccc1)N(Cc1cccc(Cl)c1)C(=O)CN(c1cc(C)ccc1OC)S(=O)(=O)c1ccccc1. The lowest BCUT2D eigenvalue weighted by Gasteiger charge is -2.34. The van der Waals surface area contributed by atoms with Crippen LogP contribution in [0.3, 0.4) is 0 Å². The molecule has 0 aliphatic rings. The fourth-order valence-corrected chi connectivity index (χ4v) is 6.63. The molecule has 0 aliphatic carbocycles. The van der Waals surface area contributed by atoms with Crippen LogP contribution in [0.5, 0.6) is 5.75 Å². The Labute approximate surface area is 270 Å². The van der Waals surface area contributed by atoms with Gasteiger partial charge in [-0.1, -0.05) is 85.3 Å². The first kappa shape index (κ1) is 33.6. The van der Waals surface area contributed by atoms with Gasteiger partial charge in [-0.25, -0.2) is 8.42 Å². The molecule has 0 spiro atoms. The number of ether oxygens (including phenoxy) is 1. The Morgan fingerprint density at radius 3 is 2.20 bits per heavy atom. The molecule has 4 rings (SSSR count). The Morgan fingerprint density at radius 1 is 0.889 bits per heavy atom. The van der Waals surface area contributed by atoms with Gasteiger partial charge in [0.2, 0.25) is 11.8 Å². The van der Waals surface area contributed by atoms with Gasteiger partial charge in [-0.3, -0.25) is 13.9 Å². The normalized spacial score (nSPS) is 11.8. The van der Waals surface area contributed by atoms with Gasteiger partial charge in [0.05, 0.1) is 17.7 Å². The van der Waals surface area contributed by atoms with Gasteiger partial charge in [0.25, 0.3) is 10.0 Å². The van der Waals surface area contributed by atoms with Crippen molar-refractivity contribution in [3.63, 3.8) is 0 Å². The lowest BCUT2D eigenvalue weighted by molar-refractivity contribution is -0.140. The molecule has 0 fully saturated rings. The number of nitrogens with one attached hydrogen (secondary N) is 1. The van der Waals surface area contributed by atoms with Gasteiger partial charge in [0.1, 0.15) is 18.3 Å². The van der Waals surface area contributed by atoms with Gasteiger partial charge in [0.15, 0.2) is 0 Å². The quantitative estimate of drug-likeness (QED) is 0.181. The van der Waals surface area contributed by atoms with E-state index in [1.165, 1.54) is 24.1 Å². The summed E-state index contributed by atoms with van der Waals surface area (Å²) in [5.74, 6) is -0.608. The molecule has 10 heteroatoms. The maximum absolute atomic E-state index is 14.6. The van der Waals surface area contributed by atoms with E-state index >= 15 is 0 Å². The number of amides is 2. The number of nitrogens with zero attached hydrogens (tertiary/aromatic N) is 2. The van der Waals surface area contributed by atoms with E-state index in [9.17, 15) is 18.0 Å². The van der Waals surface area contributed by atoms with Crippen LogP contribution in [0, 0.1) is 6.92 Å². The van der Waals surface area contributed by atoms with Crippen LogP contribution in [0.15, 0.2) is 108 Å².